The largest absolute Gasteiger partial charge is 0.416 e. The predicted molar refractivity (Wildman–Crippen MR) is 106 cm³/mol. The summed E-state index contributed by atoms with van der Waals surface area (Å²) in [6.07, 6.45) is -4.89. The molecule has 2 aromatic heterocycles. The third-order valence-electron chi connectivity index (χ3n) is 5.20. The second-order valence-electron chi connectivity index (χ2n) is 8.86. The van der Waals surface area contributed by atoms with Crippen molar-refractivity contribution in [1.29, 1.82) is 0 Å². The van der Waals surface area contributed by atoms with E-state index >= 15 is 0 Å². The molecule has 0 saturated carbocycles. The summed E-state index contributed by atoms with van der Waals surface area (Å²) in [5, 5.41) is 0. The molecule has 31 heavy (non-hydrogen) atoms. The minimum Gasteiger partial charge on any atom is -0.348 e. The Morgan fingerprint density at radius 2 is 1.77 bits per heavy atom. The molecular weight excluding hydrogens is 417 g/mol. The predicted octanol–water partition coefficient (Wildman–Crippen LogP) is 5.11. The van der Waals surface area contributed by atoms with Gasteiger partial charge in [-0.05, 0) is 11.6 Å². The summed E-state index contributed by atoms with van der Waals surface area (Å²) in [7, 11) is 0. The second-order valence-corrected chi connectivity index (χ2v) is 8.86. The lowest BCUT2D eigenvalue weighted by Crippen LogP contribution is -2.27. The van der Waals surface area contributed by atoms with E-state index in [9.17, 15) is 22.0 Å². The molecule has 3 aromatic rings. The smallest absolute Gasteiger partial charge is 0.348 e. The van der Waals surface area contributed by atoms with Gasteiger partial charge in [0.1, 0.15) is 17.2 Å². The first-order valence-corrected chi connectivity index (χ1v) is 9.88. The molecule has 1 fully saturated rings. The number of H-pyrrole nitrogens is 1. The molecule has 0 bridgehead atoms. The van der Waals surface area contributed by atoms with Crippen LogP contribution in [0.4, 0.5) is 27.8 Å². The Labute approximate surface area is 175 Å². The van der Waals surface area contributed by atoms with Gasteiger partial charge in [0, 0.05) is 24.8 Å². The van der Waals surface area contributed by atoms with Gasteiger partial charge in [-0.1, -0.05) is 39.0 Å². The third-order valence-corrected chi connectivity index (χ3v) is 5.20. The summed E-state index contributed by atoms with van der Waals surface area (Å²) in [6.45, 7) is 5.32. The number of fused-ring (bicyclic) bond motifs is 1. The zero-order valence-corrected chi connectivity index (χ0v) is 17.3. The normalized spacial score (nSPS) is 17.0. The van der Waals surface area contributed by atoms with Gasteiger partial charge in [0.2, 0.25) is 0 Å². The molecule has 0 spiro atoms. The maximum absolute atomic E-state index is 13.8. The van der Waals surface area contributed by atoms with Crippen molar-refractivity contribution in [3.8, 4) is 0 Å². The van der Waals surface area contributed by atoms with Gasteiger partial charge in [0.05, 0.1) is 12.1 Å². The fourth-order valence-electron chi connectivity index (χ4n) is 3.63. The van der Waals surface area contributed by atoms with Crippen molar-refractivity contribution in [2.24, 2.45) is 0 Å². The molecule has 4 rings (SSSR count). The summed E-state index contributed by atoms with van der Waals surface area (Å²) in [5.74, 6) is -1.83. The van der Waals surface area contributed by atoms with Gasteiger partial charge in [-0.15, -0.1) is 0 Å². The number of aromatic amines is 1. The first-order valence-electron chi connectivity index (χ1n) is 9.88. The molecule has 166 valence electrons. The lowest BCUT2D eigenvalue weighted by Gasteiger charge is -2.22. The van der Waals surface area contributed by atoms with E-state index in [2.05, 4.69) is 19.9 Å². The number of hydrogen-bond acceptors (Lipinski definition) is 4. The van der Waals surface area contributed by atoms with Crippen molar-refractivity contribution >= 4 is 17.0 Å². The number of aromatic nitrogens is 4. The Kier molecular flexibility index (Phi) is 4.94. The number of hydrogen-bond donors (Lipinski definition) is 1. The van der Waals surface area contributed by atoms with Gasteiger partial charge >= 0.3 is 6.18 Å². The molecule has 1 aliphatic heterocycles. The van der Waals surface area contributed by atoms with Crippen molar-refractivity contribution in [3.63, 3.8) is 0 Å². The average molecular weight is 439 g/mol. The van der Waals surface area contributed by atoms with Crippen LogP contribution in [0.15, 0.2) is 24.3 Å². The van der Waals surface area contributed by atoms with Gasteiger partial charge in [-0.3, -0.25) is 0 Å². The highest BCUT2D eigenvalue weighted by Crippen LogP contribution is 2.35. The summed E-state index contributed by atoms with van der Waals surface area (Å²) >= 11 is 0. The van der Waals surface area contributed by atoms with Gasteiger partial charge in [0.25, 0.3) is 5.92 Å². The second kappa shape index (κ2) is 7.13. The van der Waals surface area contributed by atoms with Crippen LogP contribution in [0.3, 0.4) is 0 Å². The fraction of sp³-hybridized carbons (Fsp3) is 0.476. The lowest BCUT2D eigenvalue weighted by atomic mass is 9.96. The quantitative estimate of drug-likeness (QED) is 0.577. The highest BCUT2D eigenvalue weighted by molar-refractivity contribution is 5.84. The monoisotopic (exact) mass is 439 g/mol. The van der Waals surface area contributed by atoms with Gasteiger partial charge in [-0.2, -0.15) is 13.2 Å². The summed E-state index contributed by atoms with van der Waals surface area (Å²) in [5.41, 5.74) is -0.536. The van der Waals surface area contributed by atoms with Gasteiger partial charge in [0.15, 0.2) is 11.5 Å². The number of rotatable bonds is 3. The van der Waals surface area contributed by atoms with Crippen LogP contribution in [0, 0.1) is 0 Å². The Bertz CT molecular complexity index is 1110. The molecular formula is C21H22F5N5. The topological polar surface area (TPSA) is 57.7 Å². The van der Waals surface area contributed by atoms with Crippen LogP contribution >= 0.6 is 0 Å². The van der Waals surface area contributed by atoms with Crippen molar-refractivity contribution in [1.82, 2.24) is 19.9 Å². The standard InChI is InChI=1S/C21H22F5N5/c1-19(2,3)18-29-16-15(17(30-18)31-9-8-20(22,23)11-31)27-14(28-16)10-12-6-4-5-7-13(12)21(24,25)26/h4-7H,8-11H2,1-3H3,(H,27,28,29,30). The SMILES string of the molecule is CC(C)(C)c1nc(N2CCC(F)(F)C2)c2[nH]c(Cc3ccccc3C(F)(F)F)nc2n1. The molecule has 0 aliphatic carbocycles. The van der Waals surface area contributed by atoms with E-state index in [0.29, 0.717) is 17.2 Å². The third kappa shape index (κ3) is 4.33. The van der Waals surface area contributed by atoms with E-state index in [1.54, 1.807) is 0 Å². The van der Waals surface area contributed by atoms with Crippen LogP contribution in [0.5, 0.6) is 0 Å². The Hall–Kier alpha value is -2.78. The molecule has 5 nitrogen and oxygen atoms in total. The summed E-state index contributed by atoms with van der Waals surface area (Å²) in [6, 6.07) is 5.28. The van der Waals surface area contributed by atoms with Crippen LogP contribution < -0.4 is 4.90 Å². The molecule has 1 aromatic carbocycles. The van der Waals surface area contributed by atoms with Crippen molar-refractivity contribution in [2.45, 2.75) is 51.1 Å². The zero-order chi connectivity index (χ0) is 22.6. The first-order chi connectivity index (χ1) is 14.3. The van der Waals surface area contributed by atoms with E-state index in [4.69, 9.17) is 0 Å². The highest BCUT2D eigenvalue weighted by atomic mass is 19.4. The average Bonchev–Trinajstić information content (AvgIpc) is 3.21. The molecule has 1 N–H and O–H groups in total. The molecule has 0 atom stereocenters. The molecule has 0 radical (unpaired) electrons. The molecule has 0 unspecified atom stereocenters. The molecule has 0 amide bonds. The van der Waals surface area contributed by atoms with E-state index in [1.807, 2.05) is 20.8 Å². The number of nitrogens with zero attached hydrogens (tertiary/aromatic N) is 4. The number of nitrogens with one attached hydrogen (secondary N) is 1. The minimum absolute atomic E-state index is 0.0623. The number of alkyl halides is 5. The summed E-state index contributed by atoms with van der Waals surface area (Å²) < 4.78 is 67.7. The van der Waals surface area contributed by atoms with Gasteiger partial charge in [-0.25, -0.2) is 23.7 Å². The van der Waals surface area contributed by atoms with E-state index in [-0.39, 0.29) is 36.4 Å². The Balaban J connectivity index is 1.79. The highest BCUT2D eigenvalue weighted by Gasteiger charge is 2.40. The molecule has 1 aliphatic rings. The van der Waals surface area contributed by atoms with Crippen molar-refractivity contribution < 1.29 is 22.0 Å². The van der Waals surface area contributed by atoms with Crippen LogP contribution in [0.1, 0.15) is 50.0 Å². The number of halogens is 5. The molecule has 1 saturated heterocycles. The lowest BCUT2D eigenvalue weighted by molar-refractivity contribution is -0.138. The maximum atomic E-state index is 13.8. The van der Waals surface area contributed by atoms with Gasteiger partial charge < -0.3 is 9.88 Å². The summed E-state index contributed by atoms with van der Waals surface area (Å²) in [4.78, 5) is 17.8. The van der Waals surface area contributed by atoms with E-state index in [0.717, 1.165) is 6.07 Å². The maximum Gasteiger partial charge on any atom is 0.416 e. The van der Waals surface area contributed by atoms with E-state index in [1.165, 1.54) is 23.1 Å². The van der Waals surface area contributed by atoms with E-state index < -0.39 is 29.6 Å². The van der Waals surface area contributed by atoms with Crippen LogP contribution in [-0.2, 0) is 18.0 Å². The number of anilines is 1. The fourth-order valence-corrected chi connectivity index (χ4v) is 3.63. The van der Waals surface area contributed by atoms with Crippen LogP contribution in [0.2, 0.25) is 0 Å². The molecule has 3 heterocycles. The number of benzene rings is 1. The van der Waals surface area contributed by atoms with Crippen LogP contribution in [-0.4, -0.2) is 38.9 Å². The minimum atomic E-state index is -4.49. The molecule has 10 heteroatoms. The van der Waals surface area contributed by atoms with Crippen LogP contribution in [0.25, 0.3) is 11.2 Å². The number of imidazole rings is 1. The van der Waals surface area contributed by atoms with Crippen molar-refractivity contribution in [2.75, 3.05) is 18.0 Å². The Morgan fingerprint density at radius 1 is 1.06 bits per heavy atom. The first kappa shape index (κ1) is 21.5. The van der Waals surface area contributed by atoms with Crippen molar-refractivity contribution in [3.05, 3.63) is 47.0 Å². The Morgan fingerprint density at radius 3 is 2.39 bits per heavy atom. The zero-order valence-electron chi connectivity index (χ0n) is 17.3.